The van der Waals surface area contributed by atoms with Crippen LogP contribution >= 0.6 is 11.6 Å². The first-order valence-corrected chi connectivity index (χ1v) is 13.0. The van der Waals surface area contributed by atoms with Gasteiger partial charge in [-0.05, 0) is 36.8 Å². The number of halogens is 1. The van der Waals surface area contributed by atoms with Crippen LogP contribution in [0, 0.1) is 17.0 Å². The molecule has 0 spiro atoms. The molecular weight excluding hydrogens is 536 g/mol. The van der Waals surface area contributed by atoms with Crippen LogP contribution in [0.2, 0.25) is 5.02 Å². The quantitative estimate of drug-likeness (QED) is 0.170. The van der Waals surface area contributed by atoms with Gasteiger partial charge in [0.15, 0.2) is 5.78 Å². The van der Waals surface area contributed by atoms with Gasteiger partial charge in [-0.1, -0.05) is 35.9 Å². The predicted octanol–water partition coefficient (Wildman–Crippen LogP) is 5.02. The highest BCUT2D eigenvalue weighted by atomic mass is 35.5. The molecule has 1 aliphatic rings. The minimum absolute atomic E-state index is 0.0170. The van der Waals surface area contributed by atoms with E-state index >= 15 is 0 Å². The Bertz CT molecular complexity index is 1550. The number of morpholine rings is 1. The summed E-state index contributed by atoms with van der Waals surface area (Å²) < 4.78 is 12.2. The lowest BCUT2D eigenvalue weighted by atomic mass is 10.0. The number of rotatable bonds is 9. The Morgan fingerprint density at radius 3 is 2.55 bits per heavy atom. The van der Waals surface area contributed by atoms with Crippen molar-refractivity contribution in [1.29, 1.82) is 0 Å². The summed E-state index contributed by atoms with van der Waals surface area (Å²) in [5.41, 5.74) is 1.91. The molecule has 0 radical (unpaired) electrons. The van der Waals surface area contributed by atoms with E-state index in [0.29, 0.717) is 66.4 Å². The molecule has 40 heavy (non-hydrogen) atoms. The Morgan fingerprint density at radius 2 is 1.88 bits per heavy atom. The lowest BCUT2D eigenvalue weighted by Crippen LogP contribution is -2.36. The van der Waals surface area contributed by atoms with Gasteiger partial charge >= 0.3 is 5.69 Å². The summed E-state index contributed by atoms with van der Waals surface area (Å²) in [4.78, 5) is 31.8. The maximum atomic E-state index is 13.6. The molecule has 0 amide bonds. The largest absolute Gasteiger partial charge is 0.497 e. The minimum atomic E-state index is -0.477. The van der Waals surface area contributed by atoms with E-state index in [1.54, 1.807) is 49.0 Å². The number of aromatic nitrogens is 3. The molecule has 0 atom stereocenters. The number of anilines is 3. The van der Waals surface area contributed by atoms with E-state index in [1.807, 2.05) is 29.2 Å². The number of hydrogen-bond donors (Lipinski definition) is 1. The standard InChI is InChI=1S/C28H27ClN6O5/c1-18-26(35(37)38)28(32-34(18)17-19-7-9-20(39-2)10-8-19)31-24-15-25(33-11-13-40-14-12-33)30-16-22(24)27(36)21-5-3-4-6-23(21)29/h3-10,15-16H,11-14,17H2,1-2H3,(H,30,31,32). The highest BCUT2D eigenvalue weighted by Crippen LogP contribution is 2.34. The number of ketones is 1. The molecule has 2 aromatic heterocycles. The van der Waals surface area contributed by atoms with Gasteiger partial charge in [0.05, 0.1) is 48.1 Å². The highest BCUT2D eigenvalue weighted by Gasteiger charge is 2.28. The average Bonchev–Trinajstić information content (AvgIpc) is 3.27. The maximum Gasteiger partial charge on any atom is 0.334 e. The highest BCUT2D eigenvalue weighted by molar-refractivity contribution is 6.35. The monoisotopic (exact) mass is 562 g/mol. The van der Waals surface area contributed by atoms with Crippen LogP contribution in [0.25, 0.3) is 0 Å². The number of nitrogens with zero attached hydrogens (tertiary/aromatic N) is 5. The van der Waals surface area contributed by atoms with Crippen molar-refractivity contribution < 1.29 is 19.2 Å². The number of hydrogen-bond acceptors (Lipinski definition) is 9. The van der Waals surface area contributed by atoms with Crippen LogP contribution in [0.4, 0.5) is 23.0 Å². The number of carbonyl (C=O) groups excluding carboxylic acids is 1. The zero-order valence-electron chi connectivity index (χ0n) is 22.0. The fourth-order valence-electron chi connectivity index (χ4n) is 4.51. The van der Waals surface area contributed by atoms with Crippen molar-refractivity contribution in [1.82, 2.24) is 14.8 Å². The van der Waals surface area contributed by atoms with E-state index in [4.69, 9.17) is 21.1 Å². The molecule has 206 valence electrons. The van der Waals surface area contributed by atoms with Crippen LogP contribution in [0.1, 0.15) is 27.2 Å². The van der Waals surface area contributed by atoms with Gasteiger partial charge in [-0.25, -0.2) is 4.98 Å². The number of nitrogens with one attached hydrogen (secondary N) is 1. The van der Waals surface area contributed by atoms with Crippen molar-refractivity contribution >= 4 is 40.4 Å². The third-order valence-electron chi connectivity index (χ3n) is 6.69. The Morgan fingerprint density at radius 1 is 1.15 bits per heavy atom. The second-order valence-electron chi connectivity index (χ2n) is 9.17. The van der Waals surface area contributed by atoms with E-state index in [-0.39, 0.29) is 22.9 Å². The Balaban J connectivity index is 1.55. The molecule has 1 saturated heterocycles. The summed E-state index contributed by atoms with van der Waals surface area (Å²) in [5.74, 6) is 0.965. The van der Waals surface area contributed by atoms with Gasteiger partial charge in [0.25, 0.3) is 0 Å². The number of carbonyl (C=O) groups is 1. The molecule has 11 nitrogen and oxygen atoms in total. The first-order valence-electron chi connectivity index (χ1n) is 12.6. The van der Waals surface area contributed by atoms with Crippen molar-refractivity contribution in [2.45, 2.75) is 13.5 Å². The van der Waals surface area contributed by atoms with Gasteiger partial charge in [0.2, 0.25) is 5.82 Å². The number of nitro groups is 1. The third kappa shape index (κ3) is 5.61. The molecule has 1 N–H and O–H groups in total. The van der Waals surface area contributed by atoms with Crippen molar-refractivity contribution in [3.8, 4) is 5.75 Å². The normalized spacial score (nSPS) is 13.2. The molecular formula is C28H27ClN6O5. The zero-order chi connectivity index (χ0) is 28.2. The molecule has 4 aromatic rings. The third-order valence-corrected chi connectivity index (χ3v) is 7.02. The van der Waals surface area contributed by atoms with Crippen LogP contribution in [0.15, 0.2) is 60.8 Å². The van der Waals surface area contributed by atoms with Crippen molar-refractivity contribution in [2.24, 2.45) is 0 Å². The average molecular weight is 563 g/mol. The second kappa shape index (κ2) is 11.7. The smallest absolute Gasteiger partial charge is 0.334 e. The van der Waals surface area contributed by atoms with E-state index in [0.717, 1.165) is 5.56 Å². The predicted molar refractivity (Wildman–Crippen MR) is 151 cm³/mol. The lowest BCUT2D eigenvalue weighted by molar-refractivity contribution is -0.384. The maximum absolute atomic E-state index is 13.6. The van der Waals surface area contributed by atoms with Crippen LogP contribution in [0.5, 0.6) is 5.75 Å². The van der Waals surface area contributed by atoms with E-state index in [1.165, 1.54) is 6.20 Å². The number of methoxy groups -OCH3 is 1. The molecule has 12 heteroatoms. The van der Waals surface area contributed by atoms with Gasteiger partial charge in [-0.2, -0.15) is 0 Å². The van der Waals surface area contributed by atoms with Crippen LogP contribution < -0.4 is 15.0 Å². The molecule has 5 rings (SSSR count). The molecule has 0 unspecified atom stereocenters. The first kappa shape index (κ1) is 27.1. The molecule has 0 bridgehead atoms. The SMILES string of the molecule is COc1ccc(Cn2nc(Nc3cc(N4CCOCC4)ncc3C(=O)c3ccccc3Cl)c([N+](=O)[O-])c2C)cc1. The Hall–Kier alpha value is -4.48. The molecule has 1 aliphatic heterocycles. The minimum Gasteiger partial charge on any atom is -0.497 e. The van der Waals surface area contributed by atoms with Gasteiger partial charge < -0.3 is 19.7 Å². The molecule has 0 saturated carbocycles. The number of ether oxygens (including phenoxy) is 2. The van der Waals surface area contributed by atoms with Crippen LogP contribution in [-0.2, 0) is 11.3 Å². The molecule has 1 fully saturated rings. The summed E-state index contributed by atoms with van der Waals surface area (Å²) in [6.07, 6.45) is 1.46. The van der Waals surface area contributed by atoms with Gasteiger partial charge in [-0.3, -0.25) is 19.6 Å². The van der Waals surface area contributed by atoms with Gasteiger partial charge in [0.1, 0.15) is 17.3 Å². The summed E-state index contributed by atoms with van der Waals surface area (Å²) in [6.45, 7) is 4.29. The van der Waals surface area contributed by atoms with Gasteiger partial charge in [-0.15, -0.1) is 5.10 Å². The summed E-state index contributed by atoms with van der Waals surface area (Å²) in [6, 6.07) is 15.8. The van der Waals surface area contributed by atoms with Crippen molar-refractivity contribution in [2.75, 3.05) is 43.6 Å². The van der Waals surface area contributed by atoms with Crippen molar-refractivity contribution in [3.05, 3.63) is 98.3 Å². The number of benzene rings is 2. The van der Waals surface area contributed by atoms with E-state index in [9.17, 15) is 14.9 Å². The summed E-state index contributed by atoms with van der Waals surface area (Å²) >= 11 is 6.32. The summed E-state index contributed by atoms with van der Waals surface area (Å²) in [7, 11) is 1.59. The van der Waals surface area contributed by atoms with Gasteiger partial charge in [0, 0.05) is 30.9 Å². The number of pyridine rings is 1. The molecule has 0 aliphatic carbocycles. The first-order chi connectivity index (χ1) is 19.4. The lowest BCUT2D eigenvalue weighted by Gasteiger charge is -2.28. The van der Waals surface area contributed by atoms with E-state index < -0.39 is 4.92 Å². The van der Waals surface area contributed by atoms with E-state index in [2.05, 4.69) is 15.4 Å². The molecule has 2 aromatic carbocycles. The summed E-state index contributed by atoms with van der Waals surface area (Å²) in [5, 5.41) is 20.1. The molecule has 3 heterocycles. The fourth-order valence-corrected chi connectivity index (χ4v) is 4.73. The van der Waals surface area contributed by atoms with Crippen LogP contribution in [0.3, 0.4) is 0 Å². The zero-order valence-corrected chi connectivity index (χ0v) is 22.7. The Labute approximate surface area is 235 Å². The van der Waals surface area contributed by atoms with Crippen LogP contribution in [-0.4, -0.2) is 58.9 Å². The topological polar surface area (TPSA) is 125 Å². The Kier molecular flexibility index (Phi) is 7.94. The fraction of sp³-hybridized carbons (Fsp3) is 0.250. The van der Waals surface area contributed by atoms with Crippen molar-refractivity contribution in [3.63, 3.8) is 0 Å². The second-order valence-corrected chi connectivity index (χ2v) is 9.57.